The van der Waals surface area contributed by atoms with Crippen molar-refractivity contribution in [1.29, 1.82) is 0 Å². The average Bonchev–Trinajstić information content (AvgIpc) is 2.88. The summed E-state index contributed by atoms with van der Waals surface area (Å²) < 4.78 is 5.42. The number of hydrogen-bond acceptors (Lipinski definition) is 6. The number of aliphatic carboxylic acids is 2. The third-order valence-corrected chi connectivity index (χ3v) is 4.50. The highest BCUT2D eigenvalue weighted by atomic mass is 35.5. The lowest BCUT2D eigenvalue weighted by molar-refractivity contribution is -0.698. The fourth-order valence-corrected chi connectivity index (χ4v) is 2.69. The lowest BCUT2D eigenvalue weighted by atomic mass is 10.4. The molecule has 3 heterocycles. The van der Waals surface area contributed by atoms with Crippen LogP contribution in [0.3, 0.4) is 0 Å². The van der Waals surface area contributed by atoms with E-state index in [-0.39, 0.29) is 44.3 Å². The number of rotatable bonds is 11. The first-order chi connectivity index (χ1) is 17.5. The molecule has 0 saturated carbocycles. The van der Waals surface area contributed by atoms with Crippen molar-refractivity contribution >= 4 is 24.0 Å². The van der Waals surface area contributed by atoms with Gasteiger partial charge in [-0.1, -0.05) is 6.07 Å². The highest BCUT2D eigenvalue weighted by molar-refractivity contribution is 5.66. The van der Waals surface area contributed by atoms with Crippen molar-refractivity contribution in [2.24, 2.45) is 20.4 Å². The van der Waals surface area contributed by atoms with Gasteiger partial charge >= 0.3 is 11.9 Å². The van der Waals surface area contributed by atoms with Gasteiger partial charge in [0.2, 0.25) is 0 Å². The van der Waals surface area contributed by atoms with Crippen LogP contribution in [-0.2, 0) is 29.2 Å². The molecule has 0 aliphatic carbocycles. The molecule has 3 aromatic heterocycles. The van der Waals surface area contributed by atoms with Crippen LogP contribution < -0.4 is 39.3 Å². The molecule has 3 aromatic rings. The highest BCUT2D eigenvalue weighted by Crippen LogP contribution is 2.07. The van der Waals surface area contributed by atoms with Gasteiger partial charge in [0, 0.05) is 43.2 Å². The molecule has 0 radical (unpaired) electrons. The molecular formula is C24H29Cl2N7O5. The Hall–Kier alpha value is -4.00. The van der Waals surface area contributed by atoms with E-state index < -0.39 is 11.9 Å². The Morgan fingerprint density at radius 1 is 0.842 bits per heavy atom. The van der Waals surface area contributed by atoms with E-state index in [0.717, 1.165) is 0 Å². The van der Waals surface area contributed by atoms with Gasteiger partial charge in [-0.2, -0.15) is 0 Å². The summed E-state index contributed by atoms with van der Waals surface area (Å²) in [4.78, 5) is 21.0. The number of carboxylic acid groups (broad SMARTS) is 2. The van der Waals surface area contributed by atoms with E-state index >= 15 is 0 Å². The van der Waals surface area contributed by atoms with Crippen LogP contribution in [0.15, 0.2) is 100 Å². The van der Waals surface area contributed by atoms with Gasteiger partial charge in [0.15, 0.2) is 44.2 Å². The zero-order valence-electron chi connectivity index (χ0n) is 20.4. The van der Waals surface area contributed by atoms with Crippen molar-refractivity contribution in [1.82, 2.24) is 4.57 Å². The lowest BCUT2D eigenvalue weighted by Crippen LogP contribution is -3.00. The first-order valence-electron chi connectivity index (χ1n) is 11.1. The molecule has 0 bridgehead atoms. The molecule has 0 atom stereocenters. The number of aryl methyl sites for hydroxylation is 2. The van der Waals surface area contributed by atoms with E-state index in [0.29, 0.717) is 30.7 Å². The number of aliphatic hydroxyl groups is 1. The molecule has 3 N–H and O–H groups in total. The minimum absolute atomic E-state index is 0. The number of halogens is 2. The Morgan fingerprint density at radius 3 is 2.03 bits per heavy atom. The van der Waals surface area contributed by atoms with Crippen molar-refractivity contribution in [3.63, 3.8) is 0 Å². The monoisotopic (exact) mass is 565 g/mol. The van der Waals surface area contributed by atoms with Crippen molar-refractivity contribution in [2.45, 2.75) is 32.5 Å². The molecule has 0 spiro atoms. The normalized spacial score (nSPS) is 10.1. The first kappa shape index (κ1) is 34.0. The van der Waals surface area contributed by atoms with Crippen LogP contribution >= 0.6 is 0 Å². The fourth-order valence-electron chi connectivity index (χ4n) is 2.69. The van der Waals surface area contributed by atoms with Crippen LogP contribution in [0.2, 0.25) is 0 Å². The van der Waals surface area contributed by atoms with E-state index in [1.54, 1.807) is 58.2 Å². The van der Waals surface area contributed by atoms with Crippen molar-refractivity contribution in [3.05, 3.63) is 85.0 Å². The maximum atomic E-state index is 10.5. The minimum Gasteiger partial charge on any atom is -1.00 e. The van der Waals surface area contributed by atoms with Crippen LogP contribution in [0.5, 0.6) is 0 Å². The van der Waals surface area contributed by atoms with Gasteiger partial charge in [0.25, 0.3) is 0 Å². The van der Waals surface area contributed by atoms with Crippen molar-refractivity contribution in [2.75, 3.05) is 6.61 Å². The molecule has 0 fully saturated rings. The fraction of sp³-hybridized carbons (Fsp3) is 0.250. The van der Waals surface area contributed by atoms with E-state index in [4.69, 9.17) is 15.3 Å². The molecule has 0 aliphatic rings. The maximum absolute atomic E-state index is 10.5. The molecule has 3 rings (SSSR count). The van der Waals surface area contributed by atoms with Crippen molar-refractivity contribution in [3.8, 4) is 0 Å². The van der Waals surface area contributed by atoms with Crippen LogP contribution in [0.25, 0.3) is 0 Å². The SMILES string of the molecule is O=C(O)CCn1ccc(=NN=CN=Nc2cc[n+](CCC(=O)O)cc2)cc1.OCC[n+]1ccccc1.[Cl-].[Cl-]. The number of aliphatic hydroxyl groups excluding tert-OH is 1. The maximum Gasteiger partial charge on any atom is 0.309 e. The van der Waals surface area contributed by atoms with Crippen molar-refractivity contribution < 1.29 is 58.9 Å². The summed E-state index contributed by atoms with van der Waals surface area (Å²) in [6.07, 6.45) is 12.1. The topological polar surface area (TPSA) is 157 Å². The predicted molar refractivity (Wildman–Crippen MR) is 128 cm³/mol. The smallest absolute Gasteiger partial charge is 0.309 e. The highest BCUT2D eigenvalue weighted by Gasteiger charge is 2.04. The molecule has 0 aliphatic heterocycles. The summed E-state index contributed by atoms with van der Waals surface area (Å²) in [5.41, 5.74) is 0.604. The second kappa shape index (κ2) is 20.1. The molecule has 0 aromatic carbocycles. The van der Waals surface area contributed by atoms with Gasteiger partial charge in [-0.25, -0.2) is 9.13 Å². The second-order valence-electron chi connectivity index (χ2n) is 7.26. The summed E-state index contributed by atoms with van der Waals surface area (Å²) in [6.45, 7) is 1.66. The minimum atomic E-state index is -0.847. The number of azo groups is 1. The molecule has 0 saturated heterocycles. The van der Waals surface area contributed by atoms with Gasteiger partial charge in [-0.15, -0.1) is 20.4 Å². The zero-order valence-corrected chi connectivity index (χ0v) is 21.9. The average molecular weight is 566 g/mol. The molecule has 0 amide bonds. The van der Waals surface area contributed by atoms with E-state index in [1.165, 1.54) is 6.34 Å². The summed E-state index contributed by atoms with van der Waals surface area (Å²) >= 11 is 0. The predicted octanol–water partition coefficient (Wildman–Crippen LogP) is -4.67. The summed E-state index contributed by atoms with van der Waals surface area (Å²) in [7, 11) is 0. The Kier molecular flexibility index (Phi) is 18.0. The van der Waals surface area contributed by atoms with E-state index in [9.17, 15) is 9.59 Å². The third-order valence-electron chi connectivity index (χ3n) is 4.50. The number of nitrogens with zero attached hydrogens (tertiary/aromatic N) is 7. The molecule has 38 heavy (non-hydrogen) atoms. The molecule has 0 unspecified atom stereocenters. The molecular weight excluding hydrogens is 537 g/mol. The summed E-state index contributed by atoms with van der Waals surface area (Å²) in [5.74, 6) is -1.69. The van der Waals surface area contributed by atoms with Crippen LogP contribution in [0.1, 0.15) is 12.8 Å². The molecule has 14 heteroatoms. The first-order valence-corrected chi connectivity index (χ1v) is 11.1. The Morgan fingerprint density at radius 2 is 1.45 bits per heavy atom. The molecule has 12 nitrogen and oxygen atoms in total. The van der Waals surface area contributed by atoms with Gasteiger partial charge in [-0.3, -0.25) is 9.59 Å². The number of aromatic nitrogens is 3. The number of carboxylic acids is 2. The van der Waals surface area contributed by atoms with Gasteiger partial charge in [0.05, 0.1) is 17.5 Å². The summed E-state index contributed by atoms with van der Waals surface area (Å²) in [5, 5.41) is 41.9. The quantitative estimate of drug-likeness (QED) is 0.0700. The third kappa shape index (κ3) is 15.2. The van der Waals surface area contributed by atoms with E-state index in [2.05, 4.69) is 20.4 Å². The van der Waals surface area contributed by atoms with E-state index in [1.807, 2.05) is 35.2 Å². The van der Waals surface area contributed by atoms with Crippen LogP contribution in [0.4, 0.5) is 5.69 Å². The van der Waals surface area contributed by atoms with Gasteiger partial charge in [0.1, 0.15) is 13.0 Å². The second-order valence-corrected chi connectivity index (χ2v) is 7.26. The number of pyridine rings is 3. The standard InChI is InChI=1S/C17H18N6O4.C7H10NO.2ClH/c24-16(25)5-11-22-7-1-14(2-8-22)20-18-13-19-21-15-3-9-23(10-4-15)12-6-17(26)27;9-7-6-8-4-2-1-3-5-8;;/h1-4,7-10,13H,5-6,11-12H2,(H-,24,25,26,27);1-5,9H,6-7H2;2*1H/q;+1;;/p-1. The Balaban J connectivity index is 0.00000106. The Labute approximate surface area is 231 Å². The zero-order chi connectivity index (χ0) is 26.0. The summed E-state index contributed by atoms with van der Waals surface area (Å²) in [6, 6.07) is 12.7. The number of hydrogen-bond donors (Lipinski definition) is 3. The van der Waals surface area contributed by atoms with Gasteiger partial charge < -0.3 is 44.7 Å². The molecule has 204 valence electrons. The largest absolute Gasteiger partial charge is 1.00 e. The Bertz CT molecular complexity index is 1200. The van der Waals surface area contributed by atoms with Crippen LogP contribution in [-0.4, -0.2) is 44.8 Å². The van der Waals surface area contributed by atoms with Gasteiger partial charge in [-0.05, 0) is 12.1 Å². The lowest BCUT2D eigenvalue weighted by Gasteiger charge is -2.02. The number of carbonyl (C=O) groups is 2. The van der Waals surface area contributed by atoms with Crippen LogP contribution in [0, 0.1) is 0 Å².